The molecule has 0 unspecified atom stereocenters. The van der Waals surface area contributed by atoms with Crippen LogP contribution in [0.5, 0.6) is 0 Å². The normalized spacial score (nSPS) is 10.3. The van der Waals surface area contributed by atoms with Crippen LogP contribution in [0, 0.1) is 18.1 Å². The lowest BCUT2D eigenvalue weighted by molar-refractivity contribution is 0.621. The third-order valence-corrected chi connectivity index (χ3v) is 1.44. The lowest BCUT2D eigenvalue weighted by Gasteiger charge is -1.92. The van der Waals surface area contributed by atoms with Crippen molar-refractivity contribution < 1.29 is 4.39 Å². The molecule has 0 atom stereocenters. The van der Waals surface area contributed by atoms with Gasteiger partial charge in [0.2, 0.25) is 0 Å². The van der Waals surface area contributed by atoms with Crippen LogP contribution in [0.1, 0.15) is 0 Å². The van der Waals surface area contributed by atoms with Crippen LogP contribution in [0.25, 0.3) is 10.9 Å². The van der Waals surface area contributed by atoms with Crippen molar-refractivity contribution in [2.45, 2.75) is 0 Å². The third-order valence-electron chi connectivity index (χ3n) is 1.44. The van der Waals surface area contributed by atoms with Crippen LogP contribution in [0.15, 0.2) is 24.3 Å². The molecular weight excluding hydrogens is 141 g/mol. The average molecular weight is 145 g/mol. The molecule has 0 saturated heterocycles. The van der Waals surface area contributed by atoms with E-state index in [1.165, 1.54) is 6.07 Å². The van der Waals surface area contributed by atoms with Crippen LogP contribution < -0.4 is 0 Å². The first-order valence-corrected chi connectivity index (χ1v) is 3.20. The zero-order chi connectivity index (χ0) is 7.68. The largest absolute Gasteiger partial charge is 0.243 e. The molecule has 2 aromatic rings. The highest BCUT2D eigenvalue weighted by Crippen LogP contribution is 2.10. The fraction of sp³-hybridized carbons (Fsp3) is 0. The van der Waals surface area contributed by atoms with Gasteiger partial charge in [-0.25, -0.2) is 9.37 Å². The summed E-state index contributed by atoms with van der Waals surface area (Å²) < 4.78 is 12.5. The van der Waals surface area contributed by atoms with Gasteiger partial charge in [-0.05, 0) is 18.2 Å². The maximum Gasteiger partial charge on any atom is 0.151 e. The Morgan fingerprint density at radius 3 is 3.27 bits per heavy atom. The molecule has 0 aliphatic heterocycles. The number of rotatable bonds is 0. The second-order valence-electron chi connectivity index (χ2n) is 2.20. The van der Waals surface area contributed by atoms with Crippen LogP contribution in [0.3, 0.4) is 0 Å². The smallest absolute Gasteiger partial charge is 0.151 e. The zero-order valence-electron chi connectivity index (χ0n) is 5.63. The number of aromatic nitrogens is 1. The summed E-state index contributed by atoms with van der Waals surface area (Å²) in [5, 5.41) is 0.778. The molecule has 0 spiro atoms. The maximum absolute atomic E-state index is 12.5. The minimum atomic E-state index is -0.427. The third kappa shape index (κ3) is 1.07. The number of halogens is 1. The van der Waals surface area contributed by atoms with Gasteiger partial charge in [0.05, 0.1) is 5.52 Å². The van der Waals surface area contributed by atoms with E-state index in [2.05, 4.69) is 17.2 Å². The molecular formula is C9H4FN. The Kier molecular flexibility index (Phi) is 1.32. The van der Waals surface area contributed by atoms with Crippen molar-refractivity contribution >= 4 is 10.9 Å². The van der Waals surface area contributed by atoms with Crippen molar-refractivity contribution in [1.29, 1.82) is 0 Å². The van der Waals surface area contributed by atoms with Crippen molar-refractivity contribution in [3.05, 3.63) is 42.3 Å². The number of pyridine rings is 1. The Bertz CT molecular complexity index is 384. The molecule has 1 nitrogen and oxygen atoms in total. The summed E-state index contributed by atoms with van der Waals surface area (Å²) >= 11 is 0. The minimum Gasteiger partial charge on any atom is -0.243 e. The maximum atomic E-state index is 12.5. The summed E-state index contributed by atoms with van der Waals surface area (Å²) in [4.78, 5) is 3.75. The van der Waals surface area contributed by atoms with Gasteiger partial charge in [0, 0.05) is 5.39 Å². The second kappa shape index (κ2) is 2.31. The summed E-state index contributed by atoms with van der Waals surface area (Å²) in [5.41, 5.74) is 0.717. The van der Waals surface area contributed by atoms with Gasteiger partial charge in [0.25, 0.3) is 0 Å². The van der Waals surface area contributed by atoms with E-state index in [1.807, 2.05) is 0 Å². The highest BCUT2D eigenvalue weighted by Gasteiger charge is 1.94. The molecule has 0 bridgehead atoms. The van der Waals surface area contributed by atoms with Crippen LogP contribution in [-0.2, 0) is 0 Å². The predicted molar refractivity (Wildman–Crippen MR) is 39.4 cm³/mol. The highest BCUT2D eigenvalue weighted by molar-refractivity contribution is 5.77. The van der Waals surface area contributed by atoms with E-state index in [9.17, 15) is 4.39 Å². The molecule has 0 aliphatic carbocycles. The van der Waals surface area contributed by atoms with Gasteiger partial charge >= 0.3 is 0 Å². The summed E-state index contributed by atoms with van der Waals surface area (Å²) in [5.74, 6) is -0.427. The van der Waals surface area contributed by atoms with Crippen LogP contribution in [0.2, 0.25) is 0 Å². The van der Waals surface area contributed by atoms with Gasteiger partial charge in [-0.2, -0.15) is 0 Å². The first-order valence-electron chi connectivity index (χ1n) is 3.20. The molecule has 2 radical (unpaired) electrons. The summed E-state index contributed by atoms with van der Waals surface area (Å²) in [6, 6.07) is 9.44. The van der Waals surface area contributed by atoms with E-state index in [0.717, 1.165) is 5.39 Å². The molecule has 0 aliphatic rings. The van der Waals surface area contributed by atoms with Crippen molar-refractivity contribution in [3.63, 3.8) is 0 Å². The Hall–Kier alpha value is -1.44. The Morgan fingerprint density at radius 2 is 2.36 bits per heavy atom. The van der Waals surface area contributed by atoms with E-state index in [4.69, 9.17) is 0 Å². The van der Waals surface area contributed by atoms with Crippen molar-refractivity contribution in [3.8, 4) is 0 Å². The van der Waals surface area contributed by atoms with Gasteiger partial charge in [-0.3, -0.25) is 0 Å². The van der Waals surface area contributed by atoms with E-state index in [0.29, 0.717) is 5.52 Å². The van der Waals surface area contributed by atoms with Crippen molar-refractivity contribution in [2.24, 2.45) is 0 Å². The Labute approximate surface area is 63.5 Å². The minimum absolute atomic E-state index is 0.427. The van der Waals surface area contributed by atoms with Gasteiger partial charge in [0.1, 0.15) is 6.20 Å². The zero-order valence-corrected chi connectivity index (χ0v) is 5.63. The van der Waals surface area contributed by atoms with E-state index in [1.54, 1.807) is 18.2 Å². The summed E-state index contributed by atoms with van der Waals surface area (Å²) in [7, 11) is 0. The second-order valence-corrected chi connectivity index (χ2v) is 2.20. The molecule has 0 amide bonds. The number of benzene rings is 1. The van der Waals surface area contributed by atoms with Crippen LogP contribution in [-0.4, -0.2) is 4.98 Å². The highest BCUT2D eigenvalue weighted by atomic mass is 19.1. The first kappa shape index (κ1) is 6.28. The van der Waals surface area contributed by atoms with Crippen LogP contribution >= 0.6 is 0 Å². The predicted octanol–water partition coefficient (Wildman–Crippen LogP) is 1.97. The van der Waals surface area contributed by atoms with Crippen molar-refractivity contribution in [1.82, 2.24) is 4.98 Å². The molecule has 0 saturated carbocycles. The quantitative estimate of drug-likeness (QED) is 0.552. The van der Waals surface area contributed by atoms with Gasteiger partial charge in [-0.15, -0.1) is 0 Å². The van der Waals surface area contributed by atoms with Gasteiger partial charge in [0.15, 0.2) is 5.82 Å². The van der Waals surface area contributed by atoms with E-state index < -0.39 is 5.82 Å². The number of nitrogens with zero attached hydrogens (tertiary/aromatic N) is 1. The molecule has 1 heterocycles. The first-order chi connectivity index (χ1) is 5.36. The molecule has 52 valence electrons. The van der Waals surface area contributed by atoms with Crippen LogP contribution in [0.4, 0.5) is 4.39 Å². The number of hydrogen-bond acceptors (Lipinski definition) is 1. The monoisotopic (exact) mass is 145 g/mol. The molecule has 11 heavy (non-hydrogen) atoms. The SMILES string of the molecule is Fc1[c]nc2c[c]ccc2c1. The van der Waals surface area contributed by atoms with Gasteiger partial charge < -0.3 is 0 Å². The lowest BCUT2D eigenvalue weighted by Crippen LogP contribution is -1.80. The molecule has 0 N–H and O–H groups in total. The Morgan fingerprint density at radius 1 is 1.45 bits per heavy atom. The lowest BCUT2D eigenvalue weighted by atomic mass is 10.2. The van der Waals surface area contributed by atoms with Crippen molar-refractivity contribution in [2.75, 3.05) is 0 Å². The number of hydrogen-bond donors (Lipinski definition) is 0. The van der Waals surface area contributed by atoms with E-state index >= 15 is 0 Å². The molecule has 2 heteroatoms. The topological polar surface area (TPSA) is 12.9 Å². The standard InChI is InChI=1S/C9H4FN/c10-8-5-7-3-1-2-4-9(7)11-6-8/h1,3-5H. The molecule has 0 fully saturated rings. The fourth-order valence-corrected chi connectivity index (χ4v) is 0.935. The van der Waals surface area contributed by atoms with E-state index in [-0.39, 0.29) is 0 Å². The Balaban J connectivity index is 2.83. The summed E-state index contributed by atoms with van der Waals surface area (Å²) in [6.45, 7) is 0. The molecule has 1 aromatic heterocycles. The fourth-order valence-electron chi connectivity index (χ4n) is 0.935. The van der Waals surface area contributed by atoms with Gasteiger partial charge in [-0.1, -0.05) is 12.1 Å². The molecule has 2 rings (SSSR count). The number of fused-ring (bicyclic) bond motifs is 1. The molecule has 1 aromatic carbocycles. The average Bonchev–Trinajstić information content (AvgIpc) is 2.04. The summed E-state index contributed by atoms with van der Waals surface area (Å²) in [6.07, 6.45) is 2.24.